The van der Waals surface area contributed by atoms with Crippen molar-refractivity contribution < 1.29 is 28.2 Å². The average molecular weight is 556 g/mol. The number of hydrogen-bond donors (Lipinski definition) is 0. The molecule has 1 aliphatic rings. The van der Waals surface area contributed by atoms with Gasteiger partial charge in [0, 0.05) is 5.56 Å². The molecule has 1 heterocycles. The van der Waals surface area contributed by atoms with Crippen molar-refractivity contribution in [3.8, 4) is 11.5 Å². The van der Waals surface area contributed by atoms with Crippen molar-refractivity contribution in [3.05, 3.63) is 98.6 Å². The number of carbonyl (C=O) groups excluding carboxylic acids is 3. The minimum atomic E-state index is -0.536. The number of methoxy groups -OCH3 is 1. The zero-order valence-electron chi connectivity index (χ0n) is 18.5. The summed E-state index contributed by atoms with van der Waals surface area (Å²) in [4.78, 5) is 38.9. The highest BCUT2D eigenvalue weighted by Gasteiger charge is 2.36. The number of rotatable bonds is 8. The second-order valence-electron chi connectivity index (χ2n) is 7.51. The van der Waals surface area contributed by atoms with Crippen molar-refractivity contribution in [3.63, 3.8) is 0 Å². The number of halogens is 2. The van der Waals surface area contributed by atoms with Crippen molar-refractivity contribution >= 4 is 50.7 Å². The monoisotopic (exact) mass is 555 g/mol. The van der Waals surface area contributed by atoms with E-state index in [4.69, 9.17) is 9.47 Å². The van der Waals surface area contributed by atoms with Crippen LogP contribution in [0.3, 0.4) is 0 Å². The van der Waals surface area contributed by atoms with Gasteiger partial charge in [-0.05, 0) is 69.2 Å². The number of Topliss-reactive ketones (excluding diaryl/α,β-unsaturated/α-hetero) is 1. The summed E-state index contributed by atoms with van der Waals surface area (Å²) in [7, 11) is 1.48. The fourth-order valence-electron chi connectivity index (χ4n) is 3.39. The first-order chi connectivity index (χ1) is 16.9. The Hall–Kier alpha value is -3.43. The Morgan fingerprint density at radius 2 is 1.86 bits per heavy atom. The van der Waals surface area contributed by atoms with Gasteiger partial charge in [0.15, 0.2) is 17.3 Å². The number of nitrogens with zero attached hydrogens (tertiary/aromatic N) is 1. The molecule has 0 aliphatic carbocycles. The van der Waals surface area contributed by atoms with E-state index in [-0.39, 0.29) is 29.7 Å². The number of benzene rings is 3. The van der Waals surface area contributed by atoms with Crippen LogP contribution in [0.15, 0.2) is 76.1 Å². The molecule has 1 aliphatic heterocycles. The standard InChI is InChI=1S/C26H19BrFNO5S/c1-33-22-12-17(11-20(27)24(22)34-15-16-6-5-9-19(28)10-16)13-23-25(31)29(26(32)35-23)14-21(30)18-7-3-2-4-8-18/h2-13H,14-15H2,1H3/b23-13+. The van der Waals surface area contributed by atoms with Crippen LogP contribution < -0.4 is 9.47 Å². The van der Waals surface area contributed by atoms with Crippen LogP contribution in [0.2, 0.25) is 0 Å². The Morgan fingerprint density at radius 3 is 2.57 bits per heavy atom. The SMILES string of the molecule is COc1cc(/C=C2/SC(=O)N(CC(=O)c3ccccc3)C2=O)cc(Br)c1OCc1cccc(F)c1. The Labute approximate surface area is 213 Å². The largest absolute Gasteiger partial charge is 0.493 e. The molecule has 0 bridgehead atoms. The zero-order valence-corrected chi connectivity index (χ0v) is 20.9. The Morgan fingerprint density at radius 1 is 1.09 bits per heavy atom. The summed E-state index contributed by atoms with van der Waals surface area (Å²) in [5.41, 5.74) is 1.67. The summed E-state index contributed by atoms with van der Waals surface area (Å²) in [6.07, 6.45) is 1.56. The number of carbonyl (C=O) groups is 3. The molecule has 0 radical (unpaired) electrons. The summed E-state index contributed by atoms with van der Waals surface area (Å²) < 4.78 is 25.3. The summed E-state index contributed by atoms with van der Waals surface area (Å²) in [6, 6.07) is 18.0. The predicted octanol–water partition coefficient (Wildman–Crippen LogP) is 6.10. The minimum Gasteiger partial charge on any atom is -0.493 e. The summed E-state index contributed by atoms with van der Waals surface area (Å²) in [6.45, 7) is -0.202. The number of amides is 2. The molecule has 35 heavy (non-hydrogen) atoms. The van der Waals surface area contributed by atoms with E-state index in [2.05, 4.69) is 15.9 Å². The van der Waals surface area contributed by atoms with Gasteiger partial charge in [-0.2, -0.15) is 0 Å². The number of hydrogen-bond acceptors (Lipinski definition) is 6. The van der Waals surface area contributed by atoms with E-state index >= 15 is 0 Å². The lowest BCUT2D eigenvalue weighted by atomic mass is 10.1. The van der Waals surface area contributed by atoms with E-state index in [9.17, 15) is 18.8 Å². The lowest BCUT2D eigenvalue weighted by Gasteiger charge is -2.14. The smallest absolute Gasteiger partial charge is 0.293 e. The van der Waals surface area contributed by atoms with Gasteiger partial charge in [-0.15, -0.1) is 0 Å². The van der Waals surface area contributed by atoms with E-state index in [1.807, 2.05) is 0 Å². The maximum Gasteiger partial charge on any atom is 0.293 e. The van der Waals surface area contributed by atoms with Crippen LogP contribution in [0.4, 0.5) is 9.18 Å². The van der Waals surface area contributed by atoms with Gasteiger partial charge < -0.3 is 9.47 Å². The van der Waals surface area contributed by atoms with Gasteiger partial charge in [-0.1, -0.05) is 42.5 Å². The van der Waals surface area contributed by atoms with E-state index < -0.39 is 11.1 Å². The molecular weight excluding hydrogens is 537 g/mol. The van der Waals surface area contributed by atoms with Crippen LogP contribution in [0, 0.1) is 5.82 Å². The number of imide groups is 1. The molecule has 3 aromatic carbocycles. The predicted molar refractivity (Wildman–Crippen MR) is 135 cm³/mol. The number of ether oxygens (including phenoxy) is 2. The Bertz CT molecular complexity index is 1330. The summed E-state index contributed by atoms with van der Waals surface area (Å²) >= 11 is 4.22. The fourth-order valence-corrected chi connectivity index (χ4v) is 4.80. The van der Waals surface area contributed by atoms with Gasteiger partial charge in [-0.3, -0.25) is 19.3 Å². The van der Waals surface area contributed by atoms with Gasteiger partial charge >= 0.3 is 0 Å². The summed E-state index contributed by atoms with van der Waals surface area (Å²) in [5.74, 6) is -0.410. The van der Waals surface area contributed by atoms with Gasteiger partial charge in [0.2, 0.25) is 0 Å². The van der Waals surface area contributed by atoms with Crippen molar-refractivity contribution in [2.75, 3.05) is 13.7 Å². The van der Waals surface area contributed by atoms with Gasteiger partial charge in [0.1, 0.15) is 12.4 Å². The topological polar surface area (TPSA) is 72.9 Å². The van der Waals surface area contributed by atoms with Crippen LogP contribution in [0.5, 0.6) is 11.5 Å². The van der Waals surface area contributed by atoms with Gasteiger partial charge in [0.25, 0.3) is 11.1 Å². The van der Waals surface area contributed by atoms with E-state index in [1.165, 1.54) is 19.2 Å². The van der Waals surface area contributed by atoms with E-state index in [0.717, 1.165) is 16.7 Å². The highest BCUT2D eigenvalue weighted by atomic mass is 79.9. The number of thioether (sulfide) groups is 1. The molecule has 1 fully saturated rings. The second-order valence-corrected chi connectivity index (χ2v) is 9.36. The molecule has 0 N–H and O–H groups in total. The first kappa shape index (κ1) is 24.7. The van der Waals surface area contributed by atoms with Crippen molar-refractivity contribution in [1.82, 2.24) is 4.90 Å². The van der Waals surface area contributed by atoms with Crippen molar-refractivity contribution in [1.29, 1.82) is 0 Å². The Kier molecular flexibility index (Phi) is 7.67. The maximum atomic E-state index is 13.4. The third kappa shape index (κ3) is 5.80. The molecule has 1 saturated heterocycles. The molecule has 4 rings (SSSR count). The van der Waals surface area contributed by atoms with Crippen molar-refractivity contribution in [2.45, 2.75) is 6.61 Å². The van der Waals surface area contributed by atoms with Crippen molar-refractivity contribution in [2.24, 2.45) is 0 Å². The molecule has 9 heteroatoms. The quantitative estimate of drug-likeness (QED) is 0.247. The molecule has 3 aromatic rings. The fraction of sp³-hybridized carbons (Fsp3) is 0.115. The average Bonchev–Trinajstić information content (AvgIpc) is 3.10. The third-order valence-corrected chi connectivity index (χ3v) is 6.59. The zero-order chi connectivity index (χ0) is 24.9. The number of ketones is 1. The maximum absolute atomic E-state index is 13.4. The molecule has 178 valence electrons. The third-order valence-electron chi connectivity index (χ3n) is 5.09. The van der Waals surface area contributed by atoms with Crippen LogP contribution in [0.1, 0.15) is 21.5 Å². The molecule has 0 unspecified atom stereocenters. The van der Waals surface area contributed by atoms with Crippen LogP contribution in [-0.2, 0) is 11.4 Å². The van der Waals surface area contributed by atoms with Crippen LogP contribution >= 0.6 is 27.7 Å². The molecule has 6 nitrogen and oxygen atoms in total. The molecule has 0 aromatic heterocycles. The van der Waals surface area contributed by atoms with E-state index in [1.54, 1.807) is 60.7 Å². The molecule has 0 spiro atoms. The molecular formula is C26H19BrFNO5S. The second kappa shape index (κ2) is 10.9. The Balaban J connectivity index is 1.51. The molecule has 2 amide bonds. The summed E-state index contributed by atoms with van der Waals surface area (Å²) in [5, 5.41) is -0.508. The minimum absolute atomic E-state index is 0.125. The highest BCUT2D eigenvalue weighted by molar-refractivity contribution is 9.10. The first-order valence-electron chi connectivity index (χ1n) is 10.4. The normalized spacial score (nSPS) is 14.5. The van der Waals surface area contributed by atoms with Gasteiger partial charge in [0.05, 0.1) is 23.0 Å². The van der Waals surface area contributed by atoms with E-state index in [0.29, 0.717) is 32.7 Å². The molecule has 0 saturated carbocycles. The van der Waals surface area contributed by atoms with Crippen LogP contribution in [0.25, 0.3) is 6.08 Å². The lowest BCUT2D eigenvalue weighted by molar-refractivity contribution is -0.122. The van der Waals surface area contributed by atoms with Crippen LogP contribution in [-0.4, -0.2) is 35.5 Å². The highest BCUT2D eigenvalue weighted by Crippen LogP contribution is 2.39. The molecule has 0 atom stereocenters. The first-order valence-corrected chi connectivity index (χ1v) is 12.0. The van der Waals surface area contributed by atoms with Gasteiger partial charge in [-0.25, -0.2) is 4.39 Å². The lowest BCUT2D eigenvalue weighted by Crippen LogP contribution is -2.33.